The molecule has 26 heavy (non-hydrogen) atoms. The average molecular weight is 368 g/mol. The summed E-state index contributed by atoms with van der Waals surface area (Å²) in [4.78, 5) is 31.6. The molecule has 3 aromatic rings. The second kappa shape index (κ2) is 6.68. The molecule has 1 aliphatic rings. The van der Waals surface area contributed by atoms with E-state index in [1.54, 1.807) is 28.0 Å². The van der Waals surface area contributed by atoms with Crippen LogP contribution in [0.3, 0.4) is 0 Å². The zero-order chi connectivity index (χ0) is 18.3. The Kier molecular flexibility index (Phi) is 4.36. The van der Waals surface area contributed by atoms with Crippen LogP contribution in [-0.4, -0.2) is 22.6 Å². The van der Waals surface area contributed by atoms with Gasteiger partial charge in [-0.05, 0) is 55.9 Å². The number of thiophene rings is 1. The van der Waals surface area contributed by atoms with Crippen LogP contribution in [0, 0.1) is 6.92 Å². The molecule has 0 radical (unpaired) electrons. The second-order valence-corrected chi connectivity index (χ2v) is 7.71. The van der Waals surface area contributed by atoms with E-state index in [2.05, 4.69) is 0 Å². The number of rotatable bonds is 3. The summed E-state index contributed by atoms with van der Waals surface area (Å²) in [7, 11) is 1.36. The minimum Gasteiger partial charge on any atom is -0.465 e. The molecule has 0 saturated heterocycles. The van der Waals surface area contributed by atoms with Gasteiger partial charge in [-0.2, -0.15) is 0 Å². The minimum absolute atomic E-state index is 0.0453. The summed E-state index contributed by atoms with van der Waals surface area (Å²) in [5.41, 5.74) is 2.71. The first kappa shape index (κ1) is 17.0. The number of aryl methyl sites for hydroxylation is 3. The van der Waals surface area contributed by atoms with Gasteiger partial charge < -0.3 is 4.74 Å². The van der Waals surface area contributed by atoms with E-state index in [4.69, 9.17) is 9.72 Å². The normalized spacial score (nSPS) is 13.6. The van der Waals surface area contributed by atoms with Crippen molar-refractivity contribution in [2.24, 2.45) is 0 Å². The molecular formula is C20H20N2O3S. The van der Waals surface area contributed by atoms with Gasteiger partial charge >= 0.3 is 5.97 Å². The van der Waals surface area contributed by atoms with Crippen LogP contribution in [0.2, 0.25) is 0 Å². The molecule has 1 aliphatic carbocycles. The molecule has 0 atom stereocenters. The van der Waals surface area contributed by atoms with E-state index in [0.29, 0.717) is 12.1 Å². The molecule has 6 heteroatoms. The number of benzene rings is 1. The first-order valence-electron chi connectivity index (χ1n) is 8.77. The van der Waals surface area contributed by atoms with Crippen LogP contribution < -0.4 is 5.56 Å². The van der Waals surface area contributed by atoms with Gasteiger partial charge in [0.25, 0.3) is 5.56 Å². The Labute approximate surface area is 155 Å². The summed E-state index contributed by atoms with van der Waals surface area (Å²) >= 11 is 1.67. The summed E-state index contributed by atoms with van der Waals surface area (Å²) < 4.78 is 6.46. The lowest BCUT2D eigenvalue weighted by molar-refractivity contribution is 0.0600. The molecule has 1 aromatic carbocycles. The molecule has 2 aromatic heterocycles. The van der Waals surface area contributed by atoms with Crippen molar-refractivity contribution in [1.29, 1.82) is 0 Å². The number of ether oxygens (including phenoxy) is 1. The van der Waals surface area contributed by atoms with Crippen molar-refractivity contribution in [2.75, 3.05) is 7.11 Å². The predicted molar refractivity (Wildman–Crippen MR) is 102 cm³/mol. The zero-order valence-electron chi connectivity index (χ0n) is 14.9. The van der Waals surface area contributed by atoms with E-state index >= 15 is 0 Å². The molecule has 0 aliphatic heterocycles. The third-order valence-corrected chi connectivity index (χ3v) is 6.17. The van der Waals surface area contributed by atoms with Crippen molar-refractivity contribution in [3.05, 3.63) is 62.0 Å². The summed E-state index contributed by atoms with van der Waals surface area (Å²) in [6.45, 7) is 2.32. The lowest BCUT2D eigenvalue weighted by Crippen LogP contribution is -2.24. The van der Waals surface area contributed by atoms with Crippen molar-refractivity contribution >= 4 is 27.5 Å². The van der Waals surface area contributed by atoms with Crippen molar-refractivity contribution in [1.82, 2.24) is 9.55 Å². The first-order valence-corrected chi connectivity index (χ1v) is 9.59. The summed E-state index contributed by atoms with van der Waals surface area (Å²) in [5, 5.41) is 0.807. The second-order valence-electron chi connectivity index (χ2n) is 6.63. The Morgan fingerprint density at radius 3 is 2.69 bits per heavy atom. The number of carbonyl (C=O) groups excluding carboxylic acids is 1. The number of methoxy groups -OCH3 is 1. The summed E-state index contributed by atoms with van der Waals surface area (Å²) in [6.07, 6.45) is 4.37. The fourth-order valence-electron chi connectivity index (χ4n) is 3.57. The molecule has 0 N–H and O–H groups in total. The Bertz CT molecular complexity index is 1050. The van der Waals surface area contributed by atoms with Gasteiger partial charge in [0.1, 0.15) is 10.7 Å². The van der Waals surface area contributed by atoms with Gasteiger partial charge in [-0.1, -0.05) is 12.1 Å². The van der Waals surface area contributed by atoms with E-state index in [9.17, 15) is 9.59 Å². The highest BCUT2D eigenvalue weighted by molar-refractivity contribution is 7.18. The van der Waals surface area contributed by atoms with E-state index in [0.717, 1.165) is 40.9 Å². The number of fused-ring (bicyclic) bond motifs is 3. The van der Waals surface area contributed by atoms with Crippen LogP contribution in [0.15, 0.2) is 29.1 Å². The first-order chi connectivity index (χ1) is 12.6. The third-order valence-electron chi connectivity index (χ3n) is 4.98. The van der Waals surface area contributed by atoms with E-state index in [-0.39, 0.29) is 11.5 Å². The lowest BCUT2D eigenvalue weighted by Gasteiger charge is -2.12. The highest BCUT2D eigenvalue weighted by Gasteiger charge is 2.21. The minimum atomic E-state index is -0.363. The Balaban J connectivity index is 1.74. The van der Waals surface area contributed by atoms with E-state index < -0.39 is 0 Å². The molecule has 0 saturated carbocycles. The van der Waals surface area contributed by atoms with Crippen LogP contribution in [0.5, 0.6) is 0 Å². The maximum atomic E-state index is 13.2. The maximum Gasteiger partial charge on any atom is 0.337 e. The number of aromatic nitrogens is 2. The van der Waals surface area contributed by atoms with Crippen molar-refractivity contribution in [3.63, 3.8) is 0 Å². The quantitative estimate of drug-likeness (QED) is 0.664. The van der Waals surface area contributed by atoms with E-state index in [1.807, 2.05) is 19.1 Å². The number of hydrogen-bond acceptors (Lipinski definition) is 5. The molecule has 0 spiro atoms. The van der Waals surface area contributed by atoms with Crippen molar-refractivity contribution < 1.29 is 9.53 Å². The fraction of sp³-hybridized carbons (Fsp3) is 0.350. The van der Waals surface area contributed by atoms with Crippen LogP contribution in [0.4, 0.5) is 0 Å². The van der Waals surface area contributed by atoms with E-state index in [1.165, 1.54) is 24.0 Å². The van der Waals surface area contributed by atoms with Crippen LogP contribution in [-0.2, 0) is 24.1 Å². The SMILES string of the molecule is COC(=O)c1ccc(Cn2c(C)nc3sc4c(c3c2=O)CCCC4)cc1. The molecule has 0 fully saturated rings. The monoisotopic (exact) mass is 368 g/mol. The maximum absolute atomic E-state index is 13.2. The Morgan fingerprint density at radius 2 is 1.96 bits per heavy atom. The topological polar surface area (TPSA) is 61.2 Å². The number of nitrogens with zero attached hydrogens (tertiary/aromatic N) is 2. The van der Waals surface area contributed by atoms with Crippen LogP contribution >= 0.6 is 11.3 Å². The average Bonchev–Trinajstić information content (AvgIpc) is 3.03. The van der Waals surface area contributed by atoms with Crippen LogP contribution in [0.1, 0.15) is 45.0 Å². The Hall–Kier alpha value is -2.47. The Morgan fingerprint density at radius 1 is 1.23 bits per heavy atom. The van der Waals surface area contributed by atoms with Crippen molar-refractivity contribution in [3.8, 4) is 0 Å². The zero-order valence-corrected chi connectivity index (χ0v) is 15.7. The predicted octanol–water partition coefficient (Wildman–Crippen LogP) is 3.48. The molecule has 5 nitrogen and oxygen atoms in total. The van der Waals surface area contributed by atoms with Gasteiger partial charge in [0, 0.05) is 4.88 Å². The van der Waals surface area contributed by atoms with Gasteiger partial charge in [-0.15, -0.1) is 11.3 Å². The third kappa shape index (κ3) is 2.84. The molecule has 0 unspecified atom stereocenters. The smallest absolute Gasteiger partial charge is 0.337 e. The summed E-state index contributed by atoms with van der Waals surface area (Å²) in [5.74, 6) is 0.357. The number of hydrogen-bond donors (Lipinski definition) is 0. The molecule has 0 amide bonds. The van der Waals surface area contributed by atoms with Gasteiger partial charge in [0.15, 0.2) is 0 Å². The fourth-order valence-corrected chi connectivity index (χ4v) is 4.87. The molecular weight excluding hydrogens is 348 g/mol. The summed E-state index contributed by atoms with van der Waals surface area (Å²) in [6, 6.07) is 7.15. The molecule has 134 valence electrons. The van der Waals surface area contributed by atoms with Gasteiger partial charge in [-0.3, -0.25) is 9.36 Å². The van der Waals surface area contributed by atoms with Gasteiger partial charge in [-0.25, -0.2) is 9.78 Å². The standard InChI is InChI=1S/C20H20N2O3S/c1-12-21-18-17(15-5-3-4-6-16(15)26-18)19(23)22(12)11-13-7-9-14(10-8-13)20(24)25-2/h7-10H,3-6,11H2,1-2H3. The van der Waals surface area contributed by atoms with Gasteiger partial charge in [0.05, 0.1) is 24.6 Å². The van der Waals surface area contributed by atoms with Gasteiger partial charge in [0.2, 0.25) is 0 Å². The molecule has 2 heterocycles. The van der Waals surface area contributed by atoms with Crippen molar-refractivity contribution in [2.45, 2.75) is 39.2 Å². The van der Waals surface area contributed by atoms with Crippen LogP contribution in [0.25, 0.3) is 10.2 Å². The highest BCUT2D eigenvalue weighted by atomic mass is 32.1. The number of carbonyl (C=O) groups is 1. The lowest BCUT2D eigenvalue weighted by atomic mass is 9.97. The largest absolute Gasteiger partial charge is 0.465 e. The molecule has 0 bridgehead atoms. The number of esters is 1. The molecule has 4 rings (SSSR count). The highest BCUT2D eigenvalue weighted by Crippen LogP contribution is 2.33.